The van der Waals surface area contributed by atoms with Crippen molar-refractivity contribution in [1.29, 1.82) is 5.26 Å². The number of halogens is 1. The van der Waals surface area contributed by atoms with E-state index < -0.39 is 0 Å². The molecule has 0 aliphatic carbocycles. The number of aryl methyl sites for hydroxylation is 1. The molecule has 0 spiro atoms. The summed E-state index contributed by atoms with van der Waals surface area (Å²) in [5, 5.41) is 9.07. The lowest BCUT2D eigenvalue weighted by molar-refractivity contribution is -0.142. The van der Waals surface area contributed by atoms with Crippen LogP contribution in [-0.4, -0.2) is 12.6 Å². The van der Waals surface area contributed by atoms with Gasteiger partial charge in [0.05, 0.1) is 18.6 Å². The molecule has 0 bridgehead atoms. The van der Waals surface area contributed by atoms with Crippen LogP contribution in [-0.2, 0) is 22.4 Å². The molecule has 0 heterocycles. The van der Waals surface area contributed by atoms with Gasteiger partial charge in [-0.25, -0.2) is 0 Å². The van der Waals surface area contributed by atoms with Gasteiger partial charge in [-0.1, -0.05) is 13.0 Å². The lowest BCUT2D eigenvalue weighted by Gasteiger charge is -2.08. The molecule has 1 rings (SSSR count). The first-order valence-corrected chi connectivity index (χ1v) is 6.28. The van der Waals surface area contributed by atoms with Crippen LogP contribution in [0.3, 0.4) is 0 Å². The predicted octanol–water partition coefficient (Wildman–Crippen LogP) is 2.99. The zero-order chi connectivity index (χ0) is 12.8. The van der Waals surface area contributed by atoms with Crippen molar-refractivity contribution in [3.05, 3.63) is 33.3 Å². The Morgan fingerprint density at radius 1 is 1.47 bits per heavy atom. The van der Waals surface area contributed by atoms with Gasteiger partial charge in [-0.3, -0.25) is 4.79 Å². The number of ether oxygens (including phenoxy) is 1. The minimum atomic E-state index is -0.302. The third-order valence-electron chi connectivity index (χ3n) is 2.39. The second kappa shape index (κ2) is 6.41. The van der Waals surface area contributed by atoms with Crippen molar-refractivity contribution in [2.45, 2.75) is 26.7 Å². The summed E-state index contributed by atoms with van der Waals surface area (Å²) in [6.45, 7) is 4.15. The Bertz CT molecular complexity index is 463. The highest BCUT2D eigenvalue weighted by molar-refractivity contribution is 9.10. The van der Waals surface area contributed by atoms with Gasteiger partial charge >= 0.3 is 5.97 Å². The molecule has 0 fully saturated rings. The van der Waals surface area contributed by atoms with E-state index >= 15 is 0 Å². The maximum Gasteiger partial charge on any atom is 0.310 e. The van der Waals surface area contributed by atoms with E-state index in [9.17, 15) is 4.79 Å². The van der Waals surface area contributed by atoms with Crippen molar-refractivity contribution in [2.24, 2.45) is 0 Å². The quantitative estimate of drug-likeness (QED) is 0.803. The SMILES string of the molecule is CCOC(=O)Cc1cc(CC)cc(Br)c1C#N. The molecule has 4 heteroatoms. The normalized spacial score (nSPS) is 9.76. The molecular weight excluding hydrogens is 282 g/mol. The first-order valence-electron chi connectivity index (χ1n) is 5.49. The second-order valence-electron chi connectivity index (χ2n) is 3.56. The minimum absolute atomic E-state index is 0.142. The van der Waals surface area contributed by atoms with Gasteiger partial charge in [0.1, 0.15) is 6.07 Å². The molecule has 0 atom stereocenters. The lowest BCUT2D eigenvalue weighted by Crippen LogP contribution is -2.09. The van der Waals surface area contributed by atoms with Gasteiger partial charge in [-0.2, -0.15) is 5.26 Å². The highest BCUT2D eigenvalue weighted by Gasteiger charge is 2.12. The third-order valence-corrected chi connectivity index (χ3v) is 3.02. The molecule has 0 saturated carbocycles. The Balaban J connectivity index is 3.08. The van der Waals surface area contributed by atoms with Crippen LogP contribution in [0.5, 0.6) is 0 Å². The summed E-state index contributed by atoms with van der Waals surface area (Å²) < 4.78 is 5.63. The molecule has 0 radical (unpaired) electrons. The van der Waals surface area contributed by atoms with Crippen LogP contribution in [0.1, 0.15) is 30.5 Å². The van der Waals surface area contributed by atoms with Gasteiger partial charge in [0.15, 0.2) is 0 Å². The molecule has 0 aromatic heterocycles. The van der Waals surface area contributed by atoms with Gasteiger partial charge in [0.25, 0.3) is 0 Å². The predicted molar refractivity (Wildman–Crippen MR) is 68.6 cm³/mol. The fourth-order valence-electron chi connectivity index (χ4n) is 1.56. The van der Waals surface area contributed by atoms with Crippen molar-refractivity contribution in [2.75, 3.05) is 6.61 Å². The lowest BCUT2D eigenvalue weighted by atomic mass is 10.0. The molecule has 0 saturated heterocycles. The maximum absolute atomic E-state index is 11.4. The maximum atomic E-state index is 11.4. The molecule has 0 aliphatic rings. The van der Waals surface area contributed by atoms with Crippen LogP contribution in [0.4, 0.5) is 0 Å². The summed E-state index contributed by atoms with van der Waals surface area (Å²) in [5.41, 5.74) is 2.32. The highest BCUT2D eigenvalue weighted by Crippen LogP contribution is 2.23. The first kappa shape index (κ1) is 13.7. The van der Waals surface area contributed by atoms with E-state index in [1.165, 1.54) is 0 Å². The fraction of sp³-hybridized carbons (Fsp3) is 0.385. The fourth-order valence-corrected chi connectivity index (χ4v) is 2.20. The van der Waals surface area contributed by atoms with Crippen molar-refractivity contribution in [3.8, 4) is 6.07 Å². The number of esters is 1. The van der Waals surface area contributed by atoms with Crippen molar-refractivity contribution < 1.29 is 9.53 Å². The van der Waals surface area contributed by atoms with Crippen molar-refractivity contribution >= 4 is 21.9 Å². The molecule has 17 heavy (non-hydrogen) atoms. The highest BCUT2D eigenvalue weighted by atomic mass is 79.9. The summed E-state index contributed by atoms with van der Waals surface area (Å²) in [4.78, 5) is 11.4. The Kier molecular flexibility index (Phi) is 5.17. The van der Waals surface area contributed by atoms with Gasteiger partial charge in [-0.05, 0) is 46.5 Å². The van der Waals surface area contributed by atoms with Crippen LogP contribution in [0.25, 0.3) is 0 Å². The average molecular weight is 296 g/mol. The number of nitrogens with zero attached hydrogens (tertiary/aromatic N) is 1. The number of nitriles is 1. The zero-order valence-electron chi connectivity index (χ0n) is 9.92. The van der Waals surface area contributed by atoms with E-state index in [0.717, 1.165) is 22.0 Å². The molecule has 1 aromatic rings. The van der Waals surface area contributed by atoms with Gasteiger partial charge in [0, 0.05) is 4.47 Å². The molecule has 0 unspecified atom stereocenters. The van der Waals surface area contributed by atoms with E-state index in [1.54, 1.807) is 6.92 Å². The largest absolute Gasteiger partial charge is 0.466 e. The summed E-state index contributed by atoms with van der Waals surface area (Å²) in [6.07, 6.45) is 1.00. The minimum Gasteiger partial charge on any atom is -0.466 e. The van der Waals surface area contributed by atoms with E-state index in [0.29, 0.717) is 12.2 Å². The number of carbonyl (C=O) groups is 1. The number of benzene rings is 1. The summed E-state index contributed by atoms with van der Waals surface area (Å²) in [6, 6.07) is 5.91. The van der Waals surface area contributed by atoms with E-state index in [4.69, 9.17) is 10.00 Å². The van der Waals surface area contributed by atoms with Crippen molar-refractivity contribution in [3.63, 3.8) is 0 Å². The van der Waals surface area contributed by atoms with E-state index in [2.05, 4.69) is 22.0 Å². The average Bonchev–Trinajstić information content (AvgIpc) is 2.28. The molecule has 0 aliphatic heterocycles. The van der Waals surface area contributed by atoms with Crippen LogP contribution >= 0.6 is 15.9 Å². The van der Waals surface area contributed by atoms with Crippen LogP contribution in [0, 0.1) is 11.3 Å². The van der Waals surface area contributed by atoms with Crippen molar-refractivity contribution in [1.82, 2.24) is 0 Å². The van der Waals surface area contributed by atoms with Crippen LogP contribution in [0.2, 0.25) is 0 Å². The van der Waals surface area contributed by atoms with E-state index in [1.807, 2.05) is 19.1 Å². The molecule has 90 valence electrons. The van der Waals surface area contributed by atoms with E-state index in [-0.39, 0.29) is 12.4 Å². The topological polar surface area (TPSA) is 50.1 Å². The number of carbonyl (C=O) groups excluding carboxylic acids is 1. The summed E-state index contributed by atoms with van der Waals surface area (Å²) in [7, 11) is 0. The van der Waals surface area contributed by atoms with Crippen LogP contribution < -0.4 is 0 Å². The first-order chi connectivity index (χ1) is 8.12. The summed E-state index contributed by atoms with van der Waals surface area (Å²) >= 11 is 3.35. The molecular formula is C13H14BrNO2. The molecule has 0 amide bonds. The van der Waals surface area contributed by atoms with Gasteiger partial charge in [-0.15, -0.1) is 0 Å². The Morgan fingerprint density at radius 3 is 2.71 bits per heavy atom. The second-order valence-corrected chi connectivity index (χ2v) is 4.41. The molecule has 0 N–H and O–H groups in total. The standard InChI is InChI=1S/C13H14BrNO2/c1-3-9-5-10(7-13(16)17-4-2)11(8-15)12(14)6-9/h5-6H,3-4,7H2,1-2H3. The molecule has 3 nitrogen and oxygen atoms in total. The third kappa shape index (κ3) is 3.57. The number of hydrogen-bond donors (Lipinski definition) is 0. The Labute approximate surface area is 110 Å². The number of rotatable bonds is 4. The van der Waals surface area contributed by atoms with Gasteiger partial charge < -0.3 is 4.74 Å². The van der Waals surface area contributed by atoms with Gasteiger partial charge in [0.2, 0.25) is 0 Å². The molecule has 1 aromatic carbocycles. The summed E-state index contributed by atoms with van der Waals surface area (Å²) in [5.74, 6) is -0.302. The monoisotopic (exact) mass is 295 g/mol. The Morgan fingerprint density at radius 2 is 2.18 bits per heavy atom. The zero-order valence-corrected chi connectivity index (χ0v) is 11.5. The smallest absolute Gasteiger partial charge is 0.310 e. The Hall–Kier alpha value is -1.34. The number of hydrogen-bond acceptors (Lipinski definition) is 3. The van der Waals surface area contributed by atoms with Crippen LogP contribution in [0.15, 0.2) is 16.6 Å².